The molecule has 0 aromatic carbocycles. The van der Waals surface area contributed by atoms with Crippen LogP contribution in [-0.2, 0) is 13.6 Å². The SMILES string of the molecule is CCC1CCCCC1NCc1nncn1C. The number of nitrogens with one attached hydrogen (secondary N) is 1. The molecular weight excluding hydrogens is 200 g/mol. The van der Waals surface area contributed by atoms with E-state index in [0.717, 1.165) is 18.3 Å². The Labute approximate surface area is 97.5 Å². The van der Waals surface area contributed by atoms with Crippen molar-refractivity contribution in [1.82, 2.24) is 20.1 Å². The van der Waals surface area contributed by atoms with Crippen molar-refractivity contribution in [1.29, 1.82) is 0 Å². The molecule has 0 spiro atoms. The molecule has 2 atom stereocenters. The van der Waals surface area contributed by atoms with Crippen LogP contribution in [0.25, 0.3) is 0 Å². The normalized spacial score (nSPS) is 25.9. The minimum atomic E-state index is 0.676. The Hall–Kier alpha value is -0.900. The zero-order valence-corrected chi connectivity index (χ0v) is 10.3. The molecule has 1 aliphatic carbocycles. The molecule has 1 N–H and O–H groups in total. The third-order valence-corrected chi connectivity index (χ3v) is 3.76. The highest BCUT2D eigenvalue weighted by Gasteiger charge is 2.23. The molecule has 1 fully saturated rings. The molecule has 1 saturated carbocycles. The lowest BCUT2D eigenvalue weighted by molar-refractivity contribution is 0.252. The first-order valence-corrected chi connectivity index (χ1v) is 6.37. The molecule has 0 saturated heterocycles. The molecule has 4 nitrogen and oxygen atoms in total. The predicted octanol–water partition coefficient (Wildman–Crippen LogP) is 1.87. The van der Waals surface area contributed by atoms with Crippen molar-refractivity contribution >= 4 is 0 Å². The summed E-state index contributed by atoms with van der Waals surface area (Å²) in [5.41, 5.74) is 0. The summed E-state index contributed by atoms with van der Waals surface area (Å²) >= 11 is 0. The van der Waals surface area contributed by atoms with E-state index < -0.39 is 0 Å². The van der Waals surface area contributed by atoms with Gasteiger partial charge < -0.3 is 9.88 Å². The highest BCUT2D eigenvalue weighted by Crippen LogP contribution is 2.26. The zero-order chi connectivity index (χ0) is 11.4. The van der Waals surface area contributed by atoms with Crippen molar-refractivity contribution in [2.24, 2.45) is 13.0 Å². The summed E-state index contributed by atoms with van der Waals surface area (Å²) in [4.78, 5) is 0. The van der Waals surface area contributed by atoms with Gasteiger partial charge in [-0.2, -0.15) is 0 Å². The number of aryl methyl sites for hydroxylation is 1. The maximum atomic E-state index is 4.10. The third-order valence-electron chi connectivity index (χ3n) is 3.76. The number of aromatic nitrogens is 3. The van der Waals surface area contributed by atoms with E-state index in [4.69, 9.17) is 0 Å². The molecule has 0 radical (unpaired) electrons. The van der Waals surface area contributed by atoms with Crippen molar-refractivity contribution < 1.29 is 0 Å². The van der Waals surface area contributed by atoms with E-state index in [1.165, 1.54) is 32.1 Å². The summed E-state index contributed by atoms with van der Waals surface area (Å²) in [5, 5.41) is 11.6. The molecule has 2 rings (SSSR count). The quantitative estimate of drug-likeness (QED) is 0.845. The Morgan fingerprint density at radius 2 is 2.25 bits per heavy atom. The molecular formula is C12H22N4. The standard InChI is InChI=1S/C12H22N4/c1-3-10-6-4-5-7-11(10)13-8-12-15-14-9-16(12)2/h9-11,13H,3-8H2,1-2H3. The van der Waals surface area contributed by atoms with Crippen molar-refractivity contribution in [3.8, 4) is 0 Å². The van der Waals surface area contributed by atoms with Crippen LogP contribution in [0.15, 0.2) is 6.33 Å². The smallest absolute Gasteiger partial charge is 0.146 e. The number of hydrogen-bond acceptors (Lipinski definition) is 3. The fraction of sp³-hybridized carbons (Fsp3) is 0.833. The van der Waals surface area contributed by atoms with Gasteiger partial charge in [0.05, 0.1) is 6.54 Å². The van der Waals surface area contributed by atoms with Crippen LogP contribution in [0.1, 0.15) is 44.9 Å². The van der Waals surface area contributed by atoms with Gasteiger partial charge in [0.2, 0.25) is 0 Å². The van der Waals surface area contributed by atoms with Crippen molar-refractivity contribution in [2.75, 3.05) is 0 Å². The second-order valence-electron chi connectivity index (χ2n) is 4.80. The highest BCUT2D eigenvalue weighted by molar-refractivity contribution is 4.87. The fourth-order valence-corrected chi connectivity index (χ4v) is 2.65. The van der Waals surface area contributed by atoms with Gasteiger partial charge in [-0.25, -0.2) is 0 Å². The Morgan fingerprint density at radius 1 is 1.44 bits per heavy atom. The van der Waals surface area contributed by atoms with Crippen molar-refractivity contribution in [2.45, 2.75) is 51.6 Å². The van der Waals surface area contributed by atoms with Gasteiger partial charge in [-0.1, -0.05) is 26.2 Å². The topological polar surface area (TPSA) is 42.7 Å². The van der Waals surface area contributed by atoms with E-state index in [0.29, 0.717) is 6.04 Å². The van der Waals surface area contributed by atoms with Crippen molar-refractivity contribution in [3.63, 3.8) is 0 Å². The molecule has 2 unspecified atom stereocenters. The average Bonchev–Trinajstić information content (AvgIpc) is 2.72. The van der Waals surface area contributed by atoms with Gasteiger partial charge in [0, 0.05) is 13.1 Å². The summed E-state index contributed by atoms with van der Waals surface area (Å²) in [5.74, 6) is 1.88. The van der Waals surface area contributed by atoms with E-state index in [1.54, 1.807) is 6.33 Å². The van der Waals surface area contributed by atoms with Crippen LogP contribution < -0.4 is 5.32 Å². The first-order chi connectivity index (χ1) is 7.81. The van der Waals surface area contributed by atoms with E-state index in [-0.39, 0.29) is 0 Å². The molecule has 0 amide bonds. The van der Waals surface area contributed by atoms with Gasteiger partial charge in [-0.15, -0.1) is 10.2 Å². The molecule has 1 aliphatic rings. The lowest BCUT2D eigenvalue weighted by Crippen LogP contribution is -2.38. The number of rotatable bonds is 4. The van der Waals surface area contributed by atoms with Crippen LogP contribution in [0, 0.1) is 5.92 Å². The molecule has 16 heavy (non-hydrogen) atoms. The maximum Gasteiger partial charge on any atom is 0.146 e. The first-order valence-electron chi connectivity index (χ1n) is 6.37. The Kier molecular flexibility index (Phi) is 3.93. The predicted molar refractivity (Wildman–Crippen MR) is 63.9 cm³/mol. The van der Waals surface area contributed by atoms with Gasteiger partial charge in [-0.05, 0) is 18.8 Å². The molecule has 4 heteroatoms. The fourth-order valence-electron chi connectivity index (χ4n) is 2.65. The van der Waals surface area contributed by atoms with Gasteiger partial charge >= 0.3 is 0 Å². The summed E-state index contributed by atoms with van der Waals surface area (Å²) in [6.45, 7) is 3.14. The summed E-state index contributed by atoms with van der Waals surface area (Å²) in [6.07, 6.45) is 8.52. The zero-order valence-electron chi connectivity index (χ0n) is 10.3. The van der Waals surface area contributed by atoms with E-state index in [1.807, 2.05) is 11.6 Å². The van der Waals surface area contributed by atoms with Gasteiger partial charge in [0.1, 0.15) is 12.2 Å². The number of nitrogens with zero attached hydrogens (tertiary/aromatic N) is 3. The van der Waals surface area contributed by atoms with E-state index >= 15 is 0 Å². The monoisotopic (exact) mass is 222 g/mol. The first kappa shape index (κ1) is 11.6. The van der Waals surface area contributed by atoms with Crippen LogP contribution >= 0.6 is 0 Å². The summed E-state index contributed by atoms with van der Waals surface area (Å²) in [7, 11) is 2.00. The van der Waals surface area contributed by atoms with Crippen LogP contribution in [-0.4, -0.2) is 20.8 Å². The second-order valence-corrected chi connectivity index (χ2v) is 4.80. The van der Waals surface area contributed by atoms with Crippen LogP contribution in [0.3, 0.4) is 0 Å². The minimum Gasteiger partial charge on any atom is -0.320 e. The average molecular weight is 222 g/mol. The van der Waals surface area contributed by atoms with Gasteiger partial charge in [0.15, 0.2) is 0 Å². The minimum absolute atomic E-state index is 0.676. The largest absolute Gasteiger partial charge is 0.320 e. The molecule has 1 aromatic heterocycles. The molecule has 0 bridgehead atoms. The highest BCUT2D eigenvalue weighted by atomic mass is 15.3. The van der Waals surface area contributed by atoms with Crippen molar-refractivity contribution in [3.05, 3.63) is 12.2 Å². The molecule has 90 valence electrons. The Balaban J connectivity index is 1.86. The van der Waals surface area contributed by atoms with E-state index in [9.17, 15) is 0 Å². The summed E-state index contributed by atoms with van der Waals surface area (Å²) in [6, 6.07) is 0.676. The molecule has 0 aliphatic heterocycles. The summed E-state index contributed by atoms with van der Waals surface area (Å²) < 4.78 is 1.98. The van der Waals surface area contributed by atoms with E-state index in [2.05, 4.69) is 22.4 Å². The van der Waals surface area contributed by atoms with Gasteiger partial charge in [0.25, 0.3) is 0 Å². The number of hydrogen-bond donors (Lipinski definition) is 1. The van der Waals surface area contributed by atoms with Crippen LogP contribution in [0.5, 0.6) is 0 Å². The van der Waals surface area contributed by atoms with Gasteiger partial charge in [-0.3, -0.25) is 0 Å². The van der Waals surface area contributed by atoms with Crippen LogP contribution in [0.2, 0.25) is 0 Å². The lowest BCUT2D eigenvalue weighted by Gasteiger charge is -2.31. The Bertz CT molecular complexity index is 321. The second kappa shape index (κ2) is 5.43. The van der Waals surface area contributed by atoms with Crippen LogP contribution in [0.4, 0.5) is 0 Å². The molecule has 1 heterocycles. The lowest BCUT2D eigenvalue weighted by atomic mass is 9.83. The third kappa shape index (κ3) is 2.61. The molecule has 1 aromatic rings. The Morgan fingerprint density at radius 3 is 2.94 bits per heavy atom. The maximum absolute atomic E-state index is 4.10.